The van der Waals surface area contributed by atoms with E-state index in [1.54, 1.807) is 24.3 Å². The highest BCUT2D eigenvalue weighted by Crippen LogP contribution is 2.22. The fraction of sp³-hybridized carbons (Fsp3) is 0.526. The number of carboxylic acid groups (broad SMARTS) is 1. The van der Waals surface area contributed by atoms with Gasteiger partial charge in [0.15, 0.2) is 0 Å². The van der Waals surface area contributed by atoms with Crippen molar-refractivity contribution in [2.24, 2.45) is 5.92 Å². The number of likely N-dealkylation sites (tertiary alicyclic amines) is 1. The molecule has 0 spiro atoms. The van der Waals surface area contributed by atoms with Gasteiger partial charge in [0.05, 0.1) is 11.3 Å². The molecule has 6 nitrogen and oxygen atoms in total. The van der Waals surface area contributed by atoms with E-state index in [4.69, 9.17) is 5.11 Å². The van der Waals surface area contributed by atoms with Crippen LogP contribution in [0.15, 0.2) is 24.3 Å². The number of hydrogen-bond acceptors (Lipinski definition) is 3. The van der Waals surface area contributed by atoms with Crippen LogP contribution < -0.4 is 5.32 Å². The maximum absolute atomic E-state index is 12.8. The number of carboxylic acids is 1. The van der Waals surface area contributed by atoms with E-state index in [1.165, 1.54) is 0 Å². The monoisotopic (exact) mass is 346 g/mol. The molecular formula is C19H26N2O4. The van der Waals surface area contributed by atoms with E-state index in [1.807, 2.05) is 4.90 Å². The SMILES string of the molecule is CC1CCN(C(=O)c2ccccc2NC(=O)CCCCC(=O)O)CC1. The number of nitrogens with one attached hydrogen (secondary N) is 1. The molecule has 1 fully saturated rings. The quantitative estimate of drug-likeness (QED) is 0.743. The standard InChI is InChI=1S/C19H26N2O4/c1-14-10-12-21(13-11-14)19(25)15-6-2-3-7-16(15)20-17(22)8-4-5-9-18(23)24/h2-3,6-7,14H,4-5,8-13H2,1H3,(H,20,22)(H,23,24). The van der Waals surface area contributed by atoms with E-state index < -0.39 is 5.97 Å². The van der Waals surface area contributed by atoms with Crippen LogP contribution in [0.1, 0.15) is 55.8 Å². The van der Waals surface area contributed by atoms with Gasteiger partial charge in [-0.25, -0.2) is 0 Å². The number of unbranched alkanes of at least 4 members (excludes halogenated alkanes) is 1. The number of piperidine rings is 1. The van der Waals surface area contributed by atoms with Crippen LogP contribution in [0.4, 0.5) is 5.69 Å². The van der Waals surface area contributed by atoms with Gasteiger partial charge in [0.25, 0.3) is 5.91 Å². The fourth-order valence-corrected chi connectivity index (χ4v) is 2.94. The van der Waals surface area contributed by atoms with E-state index in [-0.39, 0.29) is 24.7 Å². The Kier molecular flexibility index (Phi) is 6.98. The second kappa shape index (κ2) is 9.20. The molecule has 2 N–H and O–H groups in total. The molecule has 136 valence electrons. The Bertz CT molecular complexity index is 622. The Balaban J connectivity index is 1.94. The van der Waals surface area contributed by atoms with Gasteiger partial charge in [-0.3, -0.25) is 14.4 Å². The van der Waals surface area contributed by atoms with Gasteiger partial charge in [-0.2, -0.15) is 0 Å². The minimum Gasteiger partial charge on any atom is -0.481 e. The van der Waals surface area contributed by atoms with Crippen molar-refractivity contribution in [3.63, 3.8) is 0 Å². The molecule has 25 heavy (non-hydrogen) atoms. The summed E-state index contributed by atoms with van der Waals surface area (Å²) in [5.74, 6) is -0.455. The molecule has 1 aliphatic rings. The van der Waals surface area contributed by atoms with Gasteiger partial charge in [-0.15, -0.1) is 0 Å². The van der Waals surface area contributed by atoms with Crippen LogP contribution in [-0.4, -0.2) is 40.9 Å². The van der Waals surface area contributed by atoms with Crippen molar-refractivity contribution in [3.8, 4) is 0 Å². The van der Waals surface area contributed by atoms with Crippen molar-refractivity contribution >= 4 is 23.5 Å². The topological polar surface area (TPSA) is 86.7 Å². The summed E-state index contributed by atoms with van der Waals surface area (Å²) in [6.07, 6.45) is 3.30. The Morgan fingerprint density at radius 3 is 2.44 bits per heavy atom. The lowest BCUT2D eigenvalue weighted by Gasteiger charge is -2.30. The Morgan fingerprint density at radius 1 is 1.12 bits per heavy atom. The predicted molar refractivity (Wildman–Crippen MR) is 95.5 cm³/mol. The molecule has 0 saturated carbocycles. The molecule has 1 aromatic carbocycles. The third-order valence-corrected chi connectivity index (χ3v) is 4.55. The van der Waals surface area contributed by atoms with E-state index in [2.05, 4.69) is 12.2 Å². The predicted octanol–water partition coefficient (Wildman–Crippen LogP) is 3.14. The summed E-state index contributed by atoms with van der Waals surface area (Å²) >= 11 is 0. The molecule has 0 atom stereocenters. The van der Waals surface area contributed by atoms with Crippen LogP contribution >= 0.6 is 0 Å². The van der Waals surface area contributed by atoms with Gasteiger partial charge in [-0.1, -0.05) is 19.1 Å². The first-order chi connectivity index (χ1) is 12.0. The molecule has 0 bridgehead atoms. The summed E-state index contributed by atoms with van der Waals surface area (Å²) in [7, 11) is 0. The van der Waals surface area contributed by atoms with Crippen molar-refractivity contribution in [1.82, 2.24) is 4.90 Å². The number of nitrogens with zero attached hydrogens (tertiary/aromatic N) is 1. The number of carbonyl (C=O) groups is 3. The summed E-state index contributed by atoms with van der Waals surface area (Å²) < 4.78 is 0. The average molecular weight is 346 g/mol. The fourth-order valence-electron chi connectivity index (χ4n) is 2.94. The number of amides is 2. The lowest BCUT2D eigenvalue weighted by molar-refractivity contribution is -0.137. The van der Waals surface area contributed by atoms with Crippen molar-refractivity contribution < 1.29 is 19.5 Å². The number of hydrogen-bond donors (Lipinski definition) is 2. The summed E-state index contributed by atoms with van der Waals surface area (Å²) in [5, 5.41) is 11.4. The van der Waals surface area contributed by atoms with Gasteiger partial charge in [0, 0.05) is 25.9 Å². The Morgan fingerprint density at radius 2 is 1.76 bits per heavy atom. The van der Waals surface area contributed by atoms with Crippen LogP contribution in [0.3, 0.4) is 0 Å². The normalized spacial score (nSPS) is 15.0. The second-order valence-corrected chi connectivity index (χ2v) is 6.67. The minimum atomic E-state index is -0.854. The number of anilines is 1. The first kappa shape index (κ1) is 19.0. The molecule has 0 unspecified atom stereocenters. The zero-order chi connectivity index (χ0) is 18.2. The van der Waals surface area contributed by atoms with E-state index in [0.717, 1.165) is 25.9 Å². The lowest BCUT2D eigenvalue weighted by atomic mass is 9.98. The highest BCUT2D eigenvalue weighted by atomic mass is 16.4. The van der Waals surface area contributed by atoms with Crippen LogP contribution in [0.25, 0.3) is 0 Å². The smallest absolute Gasteiger partial charge is 0.303 e. The summed E-state index contributed by atoms with van der Waals surface area (Å²) in [6, 6.07) is 7.05. The molecular weight excluding hydrogens is 320 g/mol. The second-order valence-electron chi connectivity index (χ2n) is 6.67. The number of benzene rings is 1. The van der Waals surface area contributed by atoms with Gasteiger partial charge in [-0.05, 0) is 43.7 Å². The van der Waals surface area contributed by atoms with E-state index in [9.17, 15) is 14.4 Å². The third-order valence-electron chi connectivity index (χ3n) is 4.55. The van der Waals surface area contributed by atoms with Gasteiger partial charge < -0.3 is 15.3 Å². The third kappa shape index (κ3) is 5.89. The van der Waals surface area contributed by atoms with Crippen molar-refractivity contribution in [2.45, 2.75) is 45.4 Å². The van der Waals surface area contributed by atoms with E-state index >= 15 is 0 Å². The lowest BCUT2D eigenvalue weighted by Crippen LogP contribution is -2.38. The molecule has 1 saturated heterocycles. The molecule has 0 radical (unpaired) electrons. The molecule has 2 amide bonds. The van der Waals surface area contributed by atoms with Gasteiger partial charge in [0.1, 0.15) is 0 Å². The first-order valence-electron chi connectivity index (χ1n) is 8.87. The Hall–Kier alpha value is -2.37. The molecule has 1 heterocycles. The number of para-hydroxylation sites is 1. The van der Waals surface area contributed by atoms with Crippen LogP contribution in [0, 0.1) is 5.92 Å². The zero-order valence-corrected chi connectivity index (χ0v) is 14.7. The maximum atomic E-state index is 12.8. The molecule has 0 aromatic heterocycles. The largest absolute Gasteiger partial charge is 0.481 e. The van der Waals surface area contributed by atoms with E-state index in [0.29, 0.717) is 30.0 Å². The summed E-state index contributed by atoms with van der Waals surface area (Å²) in [4.78, 5) is 37.1. The number of aliphatic carboxylic acids is 1. The molecule has 1 aromatic rings. The summed E-state index contributed by atoms with van der Waals surface area (Å²) in [5.41, 5.74) is 1.03. The highest BCUT2D eigenvalue weighted by Gasteiger charge is 2.23. The van der Waals surface area contributed by atoms with Crippen molar-refractivity contribution in [1.29, 1.82) is 0 Å². The van der Waals surface area contributed by atoms with Gasteiger partial charge in [0.2, 0.25) is 5.91 Å². The van der Waals surface area contributed by atoms with Crippen LogP contribution in [-0.2, 0) is 9.59 Å². The molecule has 0 aliphatic carbocycles. The number of rotatable bonds is 7. The molecule has 1 aliphatic heterocycles. The molecule has 2 rings (SSSR count). The highest BCUT2D eigenvalue weighted by molar-refractivity contribution is 6.03. The summed E-state index contributed by atoms with van der Waals surface area (Å²) in [6.45, 7) is 3.69. The van der Waals surface area contributed by atoms with Gasteiger partial charge >= 0.3 is 5.97 Å². The number of carbonyl (C=O) groups excluding carboxylic acids is 2. The molecule has 6 heteroatoms. The maximum Gasteiger partial charge on any atom is 0.303 e. The minimum absolute atomic E-state index is 0.0475. The Labute approximate surface area is 148 Å². The average Bonchev–Trinajstić information content (AvgIpc) is 2.59. The zero-order valence-electron chi connectivity index (χ0n) is 14.7. The van der Waals surface area contributed by atoms with Crippen molar-refractivity contribution in [3.05, 3.63) is 29.8 Å². The van der Waals surface area contributed by atoms with Crippen molar-refractivity contribution in [2.75, 3.05) is 18.4 Å². The first-order valence-corrected chi connectivity index (χ1v) is 8.87. The van der Waals surface area contributed by atoms with Crippen LogP contribution in [0.2, 0.25) is 0 Å². The van der Waals surface area contributed by atoms with Crippen LogP contribution in [0.5, 0.6) is 0 Å².